The van der Waals surface area contributed by atoms with Gasteiger partial charge in [0.1, 0.15) is 11.3 Å². The molecule has 30 heavy (non-hydrogen) atoms. The zero-order valence-corrected chi connectivity index (χ0v) is 15.9. The predicted octanol–water partition coefficient (Wildman–Crippen LogP) is 4.93. The zero-order chi connectivity index (χ0) is 21.3. The number of anilines is 1. The van der Waals surface area contributed by atoms with E-state index in [0.717, 1.165) is 5.56 Å². The second-order valence-electron chi connectivity index (χ2n) is 6.81. The van der Waals surface area contributed by atoms with Crippen molar-refractivity contribution in [1.29, 1.82) is 0 Å². The summed E-state index contributed by atoms with van der Waals surface area (Å²) in [6, 6.07) is 19.1. The lowest BCUT2D eigenvalue weighted by atomic mass is 10.1. The van der Waals surface area contributed by atoms with Crippen LogP contribution in [0.3, 0.4) is 0 Å². The Kier molecular flexibility index (Phi) is 4.85. The minimum absolute atomic E-state index is 0.0515. The summed E-state index contributed by atoms with van der Waals surface area (Å²) in [6.07, 6.45) is 0. The minimum atomic E-state index is -0.503. The van der Waals surface area contributed by atoms with E-state index >= 15 is 0 Å². The maximum Gasteiger partial charge on any atom is 0.269 e. The standard InChI is InChI=1S/C23H16N2O5/c1-14-2-11-21-19(12-14)20(26)13-22(30-21)15-3-5-16(6-4-15)23(27)24-17-7-9-18(10-8-17)25(28)29/h2-13H,1H3,(H,24,27). The summed E-state index contributed by atoms with van der Waals surface area (Å²) in [5, 5.41) is 13.9. The van der Waals surface area contributed by atoms with Crippen molar-refractivity contribution in [1.82, 2.24) is 0 Å². The molecule has 4 rings (SSSR count). The molecule has 0 radical (unpaired) electrons. The Bertz CT molecular complexity index is 1320. The van der Waals surface area contributed by atoms with Gasteiger partial charge in [-0.25, -0.2) is 0 Å². The van der Waals surface area contributed by atoms with Gasteiger partial charge < -0.3 is 9.73 Å². The summed E-state index contributed by atoms with van der Waals surface area (Å²) in [6.45, 7) is 1.91. The van der Waals surface area contributed by atoms with Crippen molar-refractivity contribution >= 4 is 28.3 Å². The quantitative estimate of drug-likeness (QED) is 0.386. The average Bonchev–Trinajstić information content (AvgIpc) is 2.74. The first-order chi connectivity index (χ1) is 14.4. The fraction of sp³-hybridized carbons (Fsp3) is 0.0435. The van der Waals surface area contributed by atoms with Crippen molar-refractivity contribution in [3.8, 4) is 11.3 Å². The fourth-order valence-corrected chi connectivity index (χ4v) is 3.07. The third-order valence-corrected chi connectivity index (χ3v) is 4.65. The topological polar surface area (TPSA) is 102 Å². The first kappa shape index (κ1) is 19.1. The van der Waals surface area contributed by atoms with Crippen LogP contribution in [-0.2, 0) is 0 Å². The van der Waals surface area contributed by atoms with Gasteiger partial charge in [-0.1, -0.05) is 23.8 Å². The van der Waals surface area contributed by atoms with E-state index in [9.17, 15) is 19.7 Å². The smallest absolute Gasteiger partial charge is 0.269 e. The number of nitro groups is 1. The monoisotopic (exact) mass is 400 g/mol. The summed E-state index contributed by atoms with van der Waals surface area (Å²) in [5.41, 5.74) is 2.82. The Labute approximate surface area is 170 Å². The van der Waals surface area contributed by atoms with E-state index in [1.807, 2.05) is 13.0 Å². The summed E-state index contributed by atoms with van der Waals surface area (Å²) in [7, 11) is 0. The van der Waals surface area contributed by atoms with Crippen molar-refractivity contribution in [3.63, 3.8) is 0 Å². The van der Waals surface area contributed by atoms with Crippen molar-refractivity contribution in [2.24, 2.45) is 0 Å². The molecule has 7 heteroatoms. The van der Waals surface area contributed by atoms with Crippen LogP contribution in [0.5, 0.6) is 0 Å². The van der Waals surface area contributed by atoms with Crippen molar-refractivity contribution in [2.75, 3.05) is 5.32 Å². The Morgan fingerprint density at radius 2 is 1.67 bits per heavy atom. The highest BCUT2D eigenvalue weighted by atomic mass is 16.6. The Morgan fingerprint density at radius 3 is 2.33 bits per heavy atom. The number of hydrogen-bond acceptors (Lipinski definition) is 5. The lowest BCUT2D eigenvalue weighted by Gasteiger charge is -2.07. The maximum absolute atomic E-state index is 12.4. The largest absolute Gasteiger partial charge is 0.456 e. The molecule has 0 aliphatic rings. The van der Waals surface area contributed by atoms with Gasteiger partial charge in [-0.05, 0) is 43.3 Å². The van der Waals surface area contributed by atoms with Crippen LogP contribution >= 0.6 is 0 Å². The number of benzene rings is 3. The number of rotatable bonds is 4. The molecule has 0 bridgehead atoms. The van der Waals surface area contributed by atoms with Crippen molar-refractivity contribution in [2.45, 2.75) is 6.92 Å². The van der Waals surface area contributed by atoms with Crippen LogP contribution < -0.4 is 10.7 Å². The number of carbonyl (C=O) groups excluding carboxylic acids is 1. The molecule has 148 valence electrons. The van der Waals surface area contributed by atoms with Crippen LogP contribution in [0.1, 0.15) is 15.9 Å². The molecule has 1 amide bonds. The number of hydrogen-bond donors (Lipinski definition) is 1. The molecule has 0 atom stereocenters. The summed E-state index contributed by atoms with van der Waals surface area (Å²) in [5.74, 6) is 0.0597. The summed E-state index contributed by atoms with van der Waals surface area (Å²) >= 11 is 0. The number of non-ortho nitro benzene ring substituents is 1. The van der Waals surface area contributed by atoms with Crippen molar-refractivity contribution in [3.05, 3.63) is 104 Å². The SMILES string of the molecule is Cc1ccc2oc(-c3ccc(C(=O)Nc4ccc([N+](=O)[O-])cc4)cc3)cc(=O)c2c1. The lowest BCUT2D eigenvalue weighted by Crippen LogP contribution is -2.11. The first-order valence-corrected chi connectivity index (χ1v) is 9.11. The zero-order valence-electron chi connectivity index (χ0n) is 15.9. The Morgan fingerprint density at radius 1 is 0.967 bits per heavy atom. The molecule has 1 N–H and O–H groups in total. The van der Waals surface area contributed by atoms with Crippen LogP contribution in [0.2, 0.25) is 0 Å². The molecule has 1 heterocycles. The van der Waals surface area contributed by atoms with E-state index in [0.29, 0.717) is 33.5 Å². The van der Waals surface area contributed by atoms with E-state index < -0.39 is 4.92 Å². The number of fused-ring (bicyclic) bond motifs is 1. The van der Waals surface area contributed by atoms with E-state index in [1.54, 1.807) is 36.4 Å². The van der Waals surface area contributed by atoms with E-state index in [1.165, 1.54) is 30.3 Å². The molecule has 0 saturated carbocycles. The molecular weight excluding hydrogens is 384 g/mol. The first-order valence-electron chi connectivity index (χ1n) is 9.11. The molecule has 3 aromatic carbocycles. The lowest BCUT2D eigenvalue weighted by molar-refractivity contribution is -0.384. The third-order valence-electron chi connectivity index (χ3n) is 4.65. The summed E-state index contributed by atoms with van der Waals surface area (Å²) < 4.78 is 5.85. The van der Waals surface area contributed by atoms with Crippen LogP contribution in [-0.4, -0.2) is 10.8 Å². The highest BCUT2D eigenvalue weighted by Gasteiger charge is 2.11. The van der Waals surface area contributed by atoms with Crippen LogP contribution in [0.4, 0.5) is 11.4 Å². The summed E-state index contributed by atoms with van der Waals surface area (Å²) in [4.78, 5) is 35.0. The van der Waals surface area contributed by atoms with E-state index in [4.69, 9.17) is 4.42 Å². The number of nitrogens with one attached hydrogen (secondary N) is 1. The van der Waals surface area contributed by atoms with Gasteiger partial charge >= 0.3 is 0 Å². The maximum atomic E-state index is 12.4. The third kappa shape index (κ3) is 3.81. The average molecular weight is 400 g/mol. The molecular formula is C23H16N2O5. The molecule has 0 saturated heterocycles. The molecule has 0 fully saturated rings. The van der Waals surface area contributed by atoms with Crippen LogP contribution in [0.15, 0.2) is 82.0 Å². The minimum Gasteiger partial charge on any atom is -0.456 e. The Hall–Kier alpha value is -4.26. The van der Waals surface area contributed by atoms with E-state index in [2.05, 4.69) is 5.32 Å². The molecule has 0 aliphatic carbocycles. The number of amides is 1. The van der Waals surface area contributed by atoms with Gasteiger partial charge in [0, 0.05) is 35.0 Å². The molecule has 0 unspecified atom stereocenters. The number of nitrogens with zero attached hydrogens (tertiary/aromatic N) is 1. The van der Waals surface area contributed by atoms with Crippen LogP contribution in [0.25, 0.3) is 22.3 Å². The number of nitro benzene ring substituents is 1. The van der Waals surface area contributed by atoms with Gasteiger partial charge in [0.15, 0.2) is 5.43 Å². The fourth-order valence-electron chi connectivity index (χ4n) is 3.07. The molecule has 4 aromatic rings. The highest BCUT2D eigenvalue weighted by molar-refractivity contribution is 6.04. The van der Waals surface area contributed by atoms with Gasteiger partial charge in [0.05, 0.1) is 10.3 Å². The van der Waals surface area contributed by atoms with Gasteiger partial charge in [-0.2, -0.15) is 0 Å². The Balaban J connectivity index is 1.56. The van der Waals surface area contributed by atoms with E-state index in [-0.39, 0.29) is 17.0 Å². The van der Waals surface area contributed by atoms with Gasteiger partial charge in [0.2, 0.25) is 0 Å². The predicted molar refractivity (Wildman–Crippen MR) is 114 cm³/mol. The number of aryl methyl sites for hydroxylation is 1. The molecule has 0 spiro atoms. The van der Waals surface area contributed by atoms with Crippen LogP contribution in [0, 0.1) is 17.0 Å². The second kappa shape index (κ2) is 7.63. The molecule has 7 nitrogen and oxygen atoms in total. The number of carbonyl (C=O) groups is 1. The van der Waals surface area contributed by atoms with Gasteiger partial charge in [0.25, 0.3) is 11.6 Å². The molecule has 1 aromatic heterocycles. The van der Waals surface area contributed by atoms with Gasteiger partial charge in [-0.3, -0.25) is 19.7 Å². The highest BCUT2D eigenvalue weighted by Crippen LogP contribution is 2.23. The van der Waals surface area contributed by atoms with Crippen molar-refractivity contribution < 1.29 is 14.1 Å². The van der Waals surface area contributed by atoms with Gasteiger partial charge in [-0.15, -0.1) is 0 Å². The normalized spacial score (nSPS) is 10.7. The second-order valence-corrected chi connectivity index (χ2v) is 6.81. The molecule has 0 aliphatic heterocycles.